The number of H-pyrrole nitrogens is 1. The van der Waals surface area contributed by atoms with Crippen LogP contribution in [0.15, 0.2) is 18.5 Å². The smallest absolute Gasteiger partial charge is 0.165 e. The van der Waals surface area contributed by atoms with E-state index in [1.165, 1.54) is 13.4 Å². The molecule has 18 heavy (non-hydrogen) atoms. The normalized spacial score (nSPS) is 10.7. The van der Waals surface area contributed by atoms with E-state index in [1.54, 1.807) is 7.05 Å². The molecule has 0 aliphatic carbocycles. The molecule has 0 unspecified atom stereocenters. The fraction of sp³-hybridized carbons (Fsp3) is 0.250. The third-order valence-electron chi connectivity index (χ3n) is 2.57. The van der Waals surface area contributed by atoms with E-state index in [9.17, 15) is 8.78 Å². The molecule has 1 aromatic heterocycles. The van der Waals surface area contributed by atoms with Crippen molar-refractivity contribution in [3.63, 3.8) is 0 Å². The first-order valence-corrected chi connectivity index (χ1v) is 5.37. The number of aromatic amines is 1. The van der Waals surface area contributed by atoms with Crippen molar-refractivity contribution in [3.05, 3.63) is 35.8 Å². The van der Waals surface area contributed by atoms with Gasteiger partial charge in [0.05, 0.1) is 24.8 Å². The number of nitrogens with zero attached hydrogens (tertiary/aromatic N) is 1. The van der Waals surface area contributed by atoms with E-state index in [1.807, 2.05) is 0 Å². The molecule has 0 amide bonds. The van der Waals surface area contributed by atoms with Crippen LogP contribution in [0.4, 0.5) is 8.78 Å². The summed E-state index contributed by atoms with van der Waals surface area (Å²) in [5.41, 5.74) is 1.20. The second kappa shape index (κ2) is 5.14. The van der Waals surface area contributed by atoms with E-state index in [4.69, 9.17) is 4.74 Å². The molecule has 4 nitrogen and oxygen atoms in total. The zero-order valence-electron chi connectivity index (χ0n) is 10.1. The highest BCUT2D eigenvalue weighted by Gasteiger charge is 2.16. The van der Waals surface area contributed by atoms with Gasteiger partial charge in [-0.2, -0.15) is 0 Å². The molecule has 0 saturated heterocycles. The summed E-state index contributed by atoms with van der Waals surface area (Å²) in [7, 11) is 3.05. The number of aromatic nitrogens is 2. The van der Waals surface area contributed by atoms with Crippen LogP contribution in [0, 0.1) is 11.6 Å². The Morgan fingerprint density at radius 3 is 2.78 bits per heavy atom. The van der Waals surface area contributed by atoms with Gasteiger partial charge in [-0.15, -0.1) is 0 Å². The van der Waals surface area contributed by atoms with Crippen LogP contribution in [0.1, 0.15) is 5.69 Å². The zero-order valence-corrected chi connectivity index (χ0v) is 10.1. The van der Waals surface area contributed by atoms with Crippen LogP contribution in [0.2, 0.25) is 0 Å². The number of nitrogens with one attached hydrogen (secondary N) is 2. The number of methoxy groups -OCH3 is 1. The summed E-state index contributed by atoms with van der Waals surface area (Å²) in [6.45, 7) is 0.489. The largest absolute Gasteiger partial charge is 0.494 e. The van der Waals surface area contributed by atoms with Gasteiger partial charge in [-0.3, -0.25) is 0 Å². The molecule has 0 bridgehead atoms. The molecule has 0 saturated carbocycles. The van der Waals surface area contributed by atoms with Gasteiger partial charge in [0.2, 0.25) is 0 Å². The van der Waals surface area contributed by atoms with Crippen molar-refractivity contribution in [2.45, 2.75) is 6.54 Å². The Balaban J connectivity index is 2.50. The van der Waals surface area contributed by atoms with Crippen molar-refractivity contribution < 1.29 is 13.5 Å². The highest BCUT2D eigenvalue weighted by Crippen LogP contribution is 2.29. The first-order chi connectivity index (χ1) is 8.67. The number of hydrogen-bond donors (Lipinski definition) is 2. The van der Waals surface area contributed by atoms with E-state index < -0.39 is 11.6 Å². The molecule has 0 aliphatic rings. The lowest BCUT2D eigenvalue weighted by atomic mass is 10.1. The first kappa shape index (κ1) is 12.5. The van der Waals surface area contributed by atoms with Crippen molar-refractivity contribution in [2.75, 3.05) is 14.2 Å². The van der Waals surface area contributed by atoms with E-state index in [0.717, 1.165) is 12.1 Å². The molecule has 0 aliphatic heterocycles. The lowest BCUT2D eigenvalue weighted by molar-refractivity contribution is 0.383. The lowest BCUT2D eigenvalue weighted by Crippen LogP contribution is -2.07. The van der Waals surface area contributed by atoms with Crippen molar-refractivity contribution in [2.24, 2.45) is 0 Å². The van der Waals surface area contributed by atoms with Gasteiger partial charge < -0.3 is 15.0 Å². The first-order valence-electron chi connectivity index (χ1n) is 5.37. The lowest BCUT2D eigenvalue weighted by Gasteiger charge is -2.07. The number of benzene rings is 1. The standard InChI is InChI=1S/C12H13F2N3O/c1-15-5-10-12(17-6-16-10)7-3-9(14)11(18-2)4-8(7)13/h3-4,6,15H,5H2,1-2H3,(H,16,17). The number of halogens is 2. The molecule has 0 fully saturated rings. The molecule has 1 aromatic carbocycles. The zero-order chi connectivity index (χ0) is 13.1. The molecule has 2 aromatic rings. The van der Waals surface area contributed by atoms with E-state index in [0.29, 0.717) is 17.9 Å². The van der Waals surface area contributed by atoms with Crippen LogP contribution in [0.3, 0.4) is 0 Å². The Kier molecular flexibility index (Phi) is 3.57. The van der Waals surface area contributed by atoms with Crippen LogP contribution in [-0.2, 0) is 6.54 Å². The minimum atomic E-state index is -0.618. The summed E-state index contributed by atoms with van der Waals surface area (Å²) in [4.78, 5) is 6.91. The van der Waals surface area contributed by atoms with Gasteiger partial charge in [0.25, 0.3) is 0 Å². The highest BCUT2D eigenvalue weighted by molar-refractivity contribution is 5.63. The minimum Gasteiger partial charge on any atom is -0.494 e. The van der Waals surface area contributed by atoms with Crippen LogP contribution in [0.25, 0.3) is 11.3 Å². The molecular formula is C12H13F2N3O. The average Bonchev–Trinajstić information content (AvgIpc) is 2.80. The summed E-state index contributed by atoms with van der Waals surface area (Å²) in [5.74, 6) is -1.31. The Morgan fingerprint density at radius 1 is 1.33 bits per heavy atom. The van der Waals surface area contributed by atoms with E-state index >= 15 is 0 Å². The van der Waals surface area contributed by atoms with Crippen LogP contribution in [-0.4, -0.2) is 24.1 Å². The maximum atomic E-state index is 13.9. The van der Waals surface area contributed by atoms with Gasteiger partial charge in [-0.1, -0.05) is 0 Å². The predicted molar refractivity (Wildman–Crippen MR) is 63.3 cm³/mol. The monoisotopic (exact) mass is 253 g/mol. The third kappa shape index (κ3) is 2.19. The molecule has 1 heterocycles. The SMILES string of the molecule is CNCc1[nH]cnc1-c1cc(F)c(OC)cc1F. The van der Waals surface area contributed by atoms with Gasteiger partial charge in [-0.05, 0) is 13.1 Å². The summed E-state index contributed by atoms with van der Waals surface area (Å²) >= 11 is 0. The predicted octanol–water partition coefficient (Wildman–Crippen LogP) is 2.08. The topological polar surface area (TPSA) is 49.9 Å². The van der Waals surface area contributed by atoms with Gasteiger partial charge >= 0.3 is 0 Å². The van der Waals surface area contributed by atoms with E-state index in [-0.39, 0.29) is 11.3 Å². The van der Waals surface area contributed by atoms with Crippen LogP contribution < -0.4 is 10.1 Å². The molecule has 2 rings (SSSR count). The Bertz CT molecular complexity index is 554. The molecule has 6 heteroatoms. The fourth-order valence-corrected chi connectivity index (χ4v) is 1.73. The van der Waals surface area contributed by atoms with Crippen molar-refractivity contribution in [1.29, 1.82) is 0 Å². The summed E-state index contributed by atoms with van der Waals surface area (Å²) in [6.07, 6.45) is 1.45. The number of rotatable bonds is 4. The fourth-order valence-electron chi connectivity index (χ4n) is 1.73. The Labute approximate surface area is 103 Å². The second-order valence-corrected chi connectivity index (χ2v) is 3.73. The number of hydrogen-bond acceptors (Lipinski definition) is 3. The highest BCUT2D eigenvalue weighted by atomic mass is 19.1. The number of imidazole rings is 1. The molecule has 0 radical (unpaired) electrons. The minimum absolute atomic E-state index is 0.111. The third-order valence-corrected chi connectivity index (χ3v) is 2.57. The quantitative estimate of drug-likeness (QED) is 0.877. The van der Waals surface area contributed by atoms with Crippen LogP contribution >= 0.6 is 0 Å². The Morgan fingerprint density at radius 2 is 2.11 bits per heavy atom. The summed E-state index contributed by atoms with van der Waals surface area (Å²) in [5, 5.41) is 2.92. The average molecular weight is 253 g/mol. The molecular weight excluding hydrogens is 240 g/mol. The van der Waals surface area contributed by atoms with Gasteiger partial charge in [0.1, 0.15) is 5.82 Å². The maximum Gasteiger partial charge on any atom is 0.165 e. The molecule has 0 atom stereocenters. The van der Waals surface area contributed by atoms with Gasteiger partial charge in [0, 0.05) is 18.2 Å². The maximum absolute atomic E-state index is 13.9. The Hall–Kier alpha value is -1.95. The summed E-state index contributed by atoms with van der Waals surface area (Å²) in [6, 6.07) is 2.10. The van der Waals surface area contributed by atoms with Crippen molar-refractivity contribution >= 4 is 0 Å². The van der Waals surface area contributed by atoms with E-state index in [2.05, 4.69) is 15.3 Å². The summed E-state index contributed by atoms with van der Waals surface area (Å²) < 4.78 is 32.2. The molecule has 96 valence electrons. The second-order valence-electron chi connectivity index (χ2n) is 3.73. The van der Waals surface area contributed by atoms with Crippen molar-refractivity contribution in [3.8, 4) is 17.0 Å². The number of ether oxygens (including phenoxy) is 1. The van der Waals surface area contributed by atoms with Crippen LogP contribution in [0.5, 0.6) is 5.75 Å². The molecule has 2 N–H and O–H groups in total. The molecule has 0 spiro atoms. The van der Waals surface area contributed by atoms with Gasteiger partial charge in [0.15, 0.2) is 11.6 Å². The van der Waals surface area contributed by atoms with Gasteiger partial charge in [-0.25, -0.2) is 13.8 Å². The van der Waals surface area contributed by atoms with Crippen molar-refractivity contribution in [1.82, 2.24) is 15.3 Å².